The van der Waals surface area contributed by atoms with Gasteiger partial charge in [0, 0.05) is 12.1 Å². The number of nitrogens with zero attached hydrogens (tertiary/aromatic N) is 3. The standard InChI is InChI=1S/C19H17ClN4O2/c1-2-12-21-17(25)13-23-18(14-8-4-3-5-9-14)22-24(19(23)26)16-11-7-6-10-15(16)20/h2-11H,1,12-13H2,(H,21,25). The van der Waals surface area contributed by atoms with Crippen LogP contribution in [0.5, 0.6) is 0 Å². The second-order valence-corrected chi connectivity index (χ2v) is 5.92. The maximum atomic E-state index is 12.9. The van der Waals surface area contributed by atoms with Crippen LogP contribution in [0.1, 0.15) is 0 Å². The second-order valence-electron chi connectivity index (χ2n) is 5.51. The van der Waals surface area contributed by atoms with Crippen LogP contribution >= 0.6 is 11.6 Å². The van der Waals surface area contributed by atoms with Gasteiger partial charge in [0.25, 0.3) is 0 Å². The van der Waals surface area contributed by atoms with Crippen molar-refractivity contribution in [2.75, 3.05) is 6.54 Å². The van der Waals surface area contributed by atoms with Crippen LogP contribution in [-0.4, -0.2) is 26.8 Å². The highest BCUT2D eigenvalue weighted by Crippen LogP contribution is 2.20. The lowest BCUT2D eigenvalue weighted by molar-refractivity contribution is -0.121. The van der Waals surface area contributed by atoms with E-state index in [-0.39, 0.29) is 12.5 Å². The molecule has 0 saturated heterocycles. The summed E-state index contributed by atoms with van der Waals surface area (Å²) in [4.78, 5) is 25.1. The van der Waals surface area contributed by atoms with E-state index in [4.69, 9.17) is 11.6 Å². The Morgan fingerprint density at radius 2 is 1.85 bits per heavy atom. The molecule has 3 aromatic rings. The Balaban J connectivity index is 2.12. The molecular weight excluding hydrogens is 352 g/mol. The van der Waals surface area contributed by atoms with Crippen molar-refractivity contribution in [1.82, 2.24) is 19.7 Å². The van der Waals surface area contributed by atoms with Crippen molar-refractivity contribution in [3.05, 3.63) is 82.8 Å². The molecule has 26 heavy (non-hydrogen) atoms. The topological polar surface area (TPSA) is 68.9 Å². The summed E-state index contributed by atoms with van der Waals surface area (Å²) in [5.41, 5.74) is 0.749. The minimum Gasteiger partial charge on any atom is -0.351 e. The SMILES string of the molecule is C=CCNC(=O)Cn1c(-c2ccccc2)nn(-c2ccccc2Cl)c1=O. The molecule has 2 aromatic carbocycles. The molecule has 0 aliphatic heterocycles. The van der Waals surface area contributed by atoms with Crippen molar-refractivity contribution < 1.29 is 4.79 Å². The average Bonchev–Trinajstić information content (AvgIpc) is 2.97. The Morgan fingerprint density at radius 3 is 2.54 bits per heavy atom. The first-order valence-electron chi connectivity index (χ1n) is 7.99. The molecule has 0 unspecified atom stereocenters. The third-order valence-electron chi connectivity index (χ3n) is 3.72. The molecule has 0 aliphatic rings. The van der Waals surface area contributed by atoms with Crippen LogP contribution in [0, 0.1) is 0 Å². The van der Waals surface area contributed by atoms with Gasteiger partial charge in [-0.25, -0.2) is 4.79 Å². The van der Waals surface area contributed by atoms with Crippen molar-refractivity contribution in [3.8, 4) is 17.1 Å². The van der Waals surface area contributed by atoms with Crippen molar-refractivity contribution in [2.24, 2.45) is 0 Å². The summed E-state index contributed by atoms with van der Waals surface area (Å²) < 4.78 is 2.54. The van der Waals surface area contributed by atoms with Crippen LogP contribution in [0.3, 0.4) is 0 Å². The second kappa shape index (κ2) is 7.84. The van der Waals surface area contributed by atoms with Crippen molar-refractivity contribution in [2.45, 2.75) is 6.54 Å². The zero-order chi connectivity index (χ0) is 18.5. The number of rotatable bonds is 6. The van der Waals surface area contributed by atoms with E-state index in [1.54, 1.807) is 30.3 Å². The van der Waals surface area contributed by atoms with Gasteiger partial charge in [0.15, 0.2) is 5.82 Å². The van der Waals surface area contributed by atoms with E-state index in [9.17, 15) is 9.59 Å². The maximum Gasteiger partial charge on any atom is 0.351 e. The predicted octanol–water partition coefficient (Wildman–Crippen LogP) is 2.66. The molecule has 1 N–H and O–H groups in total. The van der Waals surface area contributed by atoms with Gasteiger partial charge in [-0.1, -0.05) is 60.1 Å². The third-order valence-corrected chi connectivity index (χ3v) is 4.04. The quantitative estimate of drug-likeness (QED) is 0.680. The number of amides is 1. The first-order valence-corrected chi connectivity index (χ1v) is 8.37. The Hall–Kier alpha value is -3.12. The number of hydrogen-bond acceptors (Lipinski definition) is 3. The molecule has 1 aromatic heterocycles. The Morgan fingerprint density at radius 1 is 1.15 bits per heavy atom. The maximum absolute atomic E-state index is 12.9. The summed E-state index contributed by atoms with van der Waals surface area (Å²) in [5, 5.41) is 7.49. The molecule has 3 rings (SSSR count). The van der Waals surface area contributed by atoms with E-state index in [2.05, 4.69) is 17.0 Å². The molecule has 0 saturated carbocycles. The number of para-hydroxylation sites is 1. The summed E-state index contributed by atoms with van der Waals surface area (Å²) in [5.74, 6) is 0.0900. The van der Waals surface area contributed by atoms with Gasteiger partial charge < -0.3 is 5.32 Å². The summed E-state index contributed by atoms with van der Waals surface area (Å²) in [6, 6.07) is 16.1. The molecular formula is C19H17ClN4O2. The fourth-order valence-electron chi connectivity index (χ4n) is 2.51. The van der Waals surface area contributed by atoms with Gasteiger partial charge in [0.05, 0.1) is 10.7 Å². The van der Waals surface area contributed by atoms with Gasteiger partial charge >= 0.3 is 5.69 Å². The molecule has 7 heteroatoms. The van der Waals surface area contributed by atoms with Crippen LogP contribution < -0.4 is 11.0 Å². The largest absolute Gasteiger partial charge is 0.351 e. The van der Waals surface area contributed by atoms with Crippen molar-refractivity contribution in [1.29, 1.82) is 0 Å². The summed E-state index contributed by atoms with van der Waals surface area (Å²) in [7, 11) is 0. The molecule has 0 spiro atoms. The summed E-state index contributed by atoms with van der Waals surface area (Å²) >= 11 is 6.21. The zero-order valence-corrected chi connectivity index (χ0v) is 14.7. The van der Waals surface area contributed by atoms with Gasteiger partial charge in [-0.15, -0.1) is 11.7 Å². The van der Waals surface area contributed by atoms with Gasteiger partial charge in [-0.3, -0.25) is 9.36 Å². The lowest BCUT2D eigenvalue weighted by Crippen LogP contribution is -2.33. The number of benzene rings is 2. The summed E-state index contributed by atoms with van der Waals surface area (Å²) in [6.07, 6.45) is 1.58. The molecule has 0 atom stereocenters. The molecule has 132 valence electrons. The van der Waals surface area contributed by atoms with Crippen LogP contribution in [0.25, 0.3) is 17.1 Å². The fourth-order valence-corrected chi connectivity index (χ4v) is 2.72. The highest BCUT2D eigenvalue weighted by Gasteiger charge is 2.19. The minimum atomic E-state index is -0.439. The molecule has 6 nitrogen and oxygen atoms in total. The Kier molecular flexibility index (Phi) is 5.34. The van der Waals surface area contributed by atoms with E-state index in [1.165, 1.54) is 9.25 Å². The van der Waals surface area contributed by atoms with E-state index >= 15 is 0 Å². The molecule has 1 heterocycles. The average molecular weight is 369 g/mol. The zero-order valence-electron chi connectivity index (χ0n) is 13.9. The lowest BCUT2D eigenvalue weighted by Gasteiger charge is -2.05. The Labute approximate surface area is 155 Å². The van der Waals surface area contributed by atoms with Crippen molar-refractivity contribution in [3.63, 3.8) is 0 Å². The van der Waals surface area contributed by atoms with Gasteiger partial charge in [-0.2, -0.15) is 4.68 Å². The van der Waals surface area contributed by atoms with E-state index in [0.717, 1.165) is 5.56 Å². The van der Waals surface area contributed by atoms with E-state index in [1.807, 2.05) is 30.3 Å². The normalized spacial score (nSPS) is 10.5. The smallest absolute Gasteiger partial charge is 0.351 e. The van der Waals surface area contributed by atoms with Gasteiger partial charge in [0.2, 0.25) is 5.91 Å². The van der Waals surface area contributed by atoms with Gasteiger partial charge in [-0.05, 0) is 12.1 Å². The monoisotopic (exact) mass is 368 g/mol. The van der Waals surface area contributed by atoms with E-state index in [0.29, 0.717) is 23.1 Å². The highest BCUT2D eigenvalue weighted by atomic mass is 35.5. The van der Waals surface area contributed by atoms with Crippen molar-refractivity contribution >= 4 is 17.5 Å². The number of aromatic nitrogens is 3. The number of hydrogen-bond donors (Lipinski definition) is 1. The molecule has 0 fully saturated rings. The number of halogens is 1. The fraction of sp³-hybridized carbons (Fsp3) is 0.105. The minimum absolute atomic E-state index is 0.151. The first-order chi connectivity index (χ1) is 12.6. The summed E-state index contributed by atoms with van der Waals surface area (Å²) in [6.45, 7) is 3.74. The predicted molar refractivity (Wildman–Crippen MR) is 101 cm³/mol. The molecule has 0 radical (unpaired) electrons. The van der Waals surface area contributed by atoms with Crippen LogP contribution in [0.4, 0.5) is 0 Å². The number of carbonyl (C=O) groups is 1. The number of carbonyl (C=O) groups excluding carboxylic acids is 1. The Bertz CT molecular complexity index is 992. The lowest BCUT2D eigenvalue weighted by atomic mass is 10.2. The molecule has 1 amide bonds. The van der Waals surface area contributed by atoms with Gasteiger partial charge in [0.1, 0.15) is 6.54 Å². The van der Waals surface area contributed by atoms with Crippen LogP contribution in [0.2, 0.25) is 5.02 Å². The van der Waals surface area contributed by atoms with E-state index < -0.39 is 5.69 Å². The van der Waals surface area contributed by atoms with Crippen LogP contribution in [-0.2, 0) is 11.3 Å². The molecule has 0 aliphatic carbocycles. The number of nitrogens with one attached hydrogen (secondary N) is 1. The highest BCUT2D eigenvalue weighted by molar-refractivity contribution is 6.32. The van der Waals surface area contributed by atoms with Crippen LogP contribution in [0.15, 0.2) is 72.0 Å². The molecule has 0 bridgehead atoms. The third kappa shape index (κ3) is 3.60. The first kappa shape index (κ1) is 17.7.